The minimum Gasteiger partial charge on any atom is -0.379 e. The van der Waals surface area contributed by atoms with Crippen molar-refractivity contribution in [2.75, 3.05) is 5.32 Å². The quantitative estimate of drug-likeness (QED) is 0.502. The van der Waals surface area contributed by atoms with E-state index in [1.54, 1.807) is 12.3 Å². The molecule has 0 fully saturated rings. The number of hydrogen-bond acceptors (Lipinski definition) is 2. The van der Waals surface area contributed by atoms with Crippen LogP contribution in [0.25, 0.3) is 0 Å². The van der Waals surface area contributed by atoms with Crippen LogP contribution >= 0.6 is 0 Å². The topological polar surface area (TPSA) is 44.9 Å². The molecule has 22 heavy (non-hydrogen) atoms. The van der Waals surface area contributed by atoms with E-state index >= 15 is 0 Å². The third-order valence-electron chi connectivity index (χ3n) is 4.39. The van der Waals surface area contributed by atoms with E-state index < -0.39 is 0 Å². The molecule has 0 radical (unpaired) electrons. The summed E-state index contributed by atoms with van der Waals surface area (Å²) in [5, 5.41) is 3.66. The number of aromatic amines is 1. The van der Waals surface area contributed by atoms with Crippen molar-refractivity contribution in [2.24, 2.45) is 0 Å². The lowest BCUT2D eigenvalue weighted by molar-refractivity contribution is 0.396. The van der Waals surface area contributed by atoms with Gasteiger partial charge in [-0.3, -0.25) is 4.79 Å². The Bertz CT molecular complexity index is 434. The molecule has 0 saturated heterocycles. The van der Waals surface area contributed by atoms with Crippen LogP contribution in [0, 0.1) is 0 Å². The van der Waals surface area contributed by atoms with Gasteiger partial charge in [-0.25, -0.2) is 0 Å². The van der Waals surface area contributed by atoms with E-state index in [9.17, 15) is 4.79 Å². The Morgan fingerprint density at radius 2 is 1.55 bits per heavy atom. The highest BCUT2D eigenvalue weighted by atomic mass is 16.1. The SMILES string of the molecule is CCCCCCCC(C)(CCCCC)Nc1ccc(=O)[nH]c1. The smallest absolute Gasteiger partial charge is 0.248 e. The number of H-pyrrole nitrogens is 1. The van der Waals surface area contributed by atoms with Crippen LogP contribution in [0.5, 0.6) is 0 Å². The molecule has 2 N–H and O–H groups in total. The predicted octanol–water partition coefficient (Wildman–Crippen LogP) is 5.49. The fourth-order valence-corrected chi connectivity index (χ4v) is 2.97. The summed E-state index contributed by atoms with van der Waals surface area (Å²) < 4.78 is 0. The zero-order chi connectivity index (χ0) is 16.3. The van der Waals surface area contributed by atoms with Crippen molar-refractivity contribution in [3.05, 3.63) is 28.7 Å². The van der Waals surface area contributed by atoms with E-state index in [0.717, 1.165) is 5.69 Å². The van der Waals surface area contributed by atoms with Crippen molar-refractivity contribution in [3.8, 4) is 0 Å². The van der Waals surface area contributed by atoms with E-state index in [1.165, 1.54) is 64.2 Å². The van der Waals surface area contributed by atoms with Crippen LogP contribution in [0.2, 0.25) is 0 Å². The van der Waals surface area contributed by atoms with E-state index in [4.69, 9.17) is 0 Å². The fourth-order valence-electron chi connectivity index (χ4n) is 2.97. The highest BCUT2D eigenvalue weighted by Gasteiger charge is 2.23. The van der Waals surface area contributed by atoms with Gasteiger partial charge < -0.3 is 10.3 Å². The largest absolute Gasteiger partial charge is 0.379 e. The molecule has 1 aromatic heterocycles. The average Bonchev–Trinajstić information content (AvgIpc) is 2.50. The van der Waals surface area contributed by atoms with Crippen molar-refractivity contribution in [2.45, 2.75) is 90.5 Å². The summed E-state index contributed by atoms with van der Waals surface area (Å²) in [5.41, 5.74) is 1.10. The number of anilines is 1. The molecule has 3 nitrogen and oxygen atoms in total. The van der Waals surface area contributed by atoms with Crippen LogP contribution in [0.3, 0.4) is 0 Å². The van der Waals surface area contributed by atoms with Gasteiger partial charge in [0.2, 0.25) is 5.56 Å². The van der Waals surface area contributed by atoms with Crippen molar-refractivity contribution in [1.82, 2.24) is 4.98 Å². The monoisotopic (exact) mass is 306 g/mol. The van der Waals surface area contributed by atoms with E-state index in [1.807, 2.05) is 6.07 Å². The van der Waals surface area contributed by atoms with Crippen molar-refractivity contribution >= 4 is 5.69 Å². The lowest BCUT2D eigenvalue weighted by atomic mass is 9.88. The molecule has 126 valence electrons. The normalized spacial score (nSPS) is 13.8. The molecule has 1 unspecified atom stereocenters. The molecular weight excluding hydrogens is 272 g/mol. The van der Waals surface area contributed by atoms with Gasteiger partial charge in [-0.1, -0.05) is 65.2 Å². The third-order valence-corrected chi connectivity index (χ3v) is 4.39. The number of nitrogens with one attached hydrogen (secondary N) is 2. The molecule has 1 heterocycles. The van der Waals surface area contributed by atoms with Crippen LogP contribution in [0.4, 0.5) is 5.69 Å². The fraction of sp³-hybridized carbons (Fsp3) is 0.737. The van der Waals surface area contributed by atoms with Crippen LogP contribution in [0.15, 0.2) is 23.1 Å². The highest BCUT2D eigenvalue weighted by Crippen LogP contribution is 2.26. The Morgan fingerprint density at radius 3 is 2.14 bits per heavy atom. The first-order valence-corrected chi connectivity index (χ1v) is 9.06. The average molecular weight is 306 g/mol. The molecule has 1 aromatic rings. The first kappa shape index (κ1) is 18.8. The van der Waals surface area contributed by atoms with Crippen LogP contribution in [-0.4, -0.2) is 10.5 Å². The second kappa shape index (κ2) is 10.5. The zero-order valence-corrected chi connectivity index (χ0v) is 14.7. The first-order valence-electron chi connectivity index (χ1n) is 9.06. The Morgan fingerprint density at radius 1 is 0.955 bits per heavy atom. The molecule has 0 aliphatic carbocycles. The van der Waals surface area contributed by atoms with Crippen LogP contribution in [-0.2, 0) is 0 Å². The maximum Gasteiger partial charge on any atom is 0.248 e. The van der Waals surface area contributed by atoms with Gasteiger partial charge in [-0.05, 0) is 25.8 Å². The second-order valence-corrected chi connectivity index (χ2v) is 6.75. The standard InChI is InChI=1S/C19H34N2O/c1-4-6-8-9-11-15-19(3,14-10-7-5-2)21-17-12-13-18(22)20-16-17/h12-13,16,21H,4-11,14-15H2,1-3H3,(H,20,22). The minimum absolute atomic E-state index is 0.0437. The van der Waals surface area contributed by atoms with E-state index in [0.29, 0.717) is 0 Å². The summed E-state index contributed by atoms with van der Waals surface area (Å²) in [6, 6.07) is 3.48. The molecule has 0 aliphatic rings. The van der Waals surface area contributed by atoms with Crippen molar-refractivity contribution < 1.29 is 0 Å². The second-order valence-electron chi connectivity index (χ2n) is 6.75. The maximum atomic E-state index is 11.2. The minimum atomic E-state index is -0.0437. The predicted molar refractivity (Wildman–Crippen MR) is 96.6 cm³/mol. The van der Waals surface area contributed by atoms with Gasteiger partial charge in [-0.2, -0.15) is 0 Å². The summed E-state index contributed by atoms with van der Waals surface area (Å²) in [7, 11) is 0. The van der Waals surface area contributed by atoms with E-state index in [-0.39, 0.29) is 11.1 Å². The molecule has 3 heteroatoms. The number of aromatic nitrogens is 1. The van der Waals surface area contributed by atoms with Gasteiger partial charge >= 0.3 is 0 Å². The maximum absolute atomic E-state index is 11.2. The van der Waals surface area contributed by atoms with Gasteiger partial charge in [-0.15, -0.1) is 0 Å². The van der Waals surface area contributed by atoms with Gasteiger partial charge in [0.05, 0.1) is 5.69 Å². The number of pyridine rings is 1. The van der Waals surface area contributed by atoms with Gasteiger partial charge in [0.15, 0.2) is 0 Å². The number of rotatable bonds is 12. The van der Waals surface area contributed by atoms with Crippen molar-refractivity contribution in [1.29, 1.82) is 0 Å². The molecule has 0 aliphatic heterocycles. The van der Waals surface area contributed by atoms with Gasteiger partial charge in [0.25, 0.3) is 0 Å². The molecular formula is C19H34N2O. The molecule has 0 aromatic carbocycles. The summed E-state index contributed by atoms with van der Waals surface area (Å²) >= 11 is 0. The Labute approximate surface area is 135 Å². The molecule has 0 saturated carbocycles. The highest BCUT2D eigenvalue weighted by molar-refractivity contribution is 5.42. The summed E-state index contributed by atoms with van der Waals surface area (Å²) in [5.74, 6) is 0. The molecule has 1 rings (SSSR count). The summed E-state index contributed by atoms with van der Waals surface area (Å²) in [6.07, 6.45) is 14.6. The van der Waals surface area contributed by atoms with Crippen molar-refractivity contribution in [3.63, 3.8) is 0 Å². The Kier molecular flexibility index (Phi) is 8.95. The molecule has 1 atom stereocenters. The summed E-state index contributed by atoms with van der Waals surface area (Å²) in [4.78, 5) is 13.9. The Balaban J connectivity index is 2.55. The Hall–Kier alpha value is -1.25. The number of hydrogen-bond donors (Lipinski definition) is 2. The first-order chi connectivity index (χ1) is 10.6. The van der Waals surface area contributed by atoms with Crippen LogP contribution in [0.1, 0.15) is 85.0 Å². The molecule has 0 amide bonds. The van der Waals surface area contributed by atoms with Crippen LogP contribution < -0.4 is 10.9 Å². The third kappa shape index (κ3) is 7.67. The van der Waals surface area contributed by atoms with Gasteiger partial charge in [0.1, 0.15) is 0 Å². The molecule has 0 spiro atoms. The summed E-state index contributed by atoms with van der Waals surface area (Å²) in [6.45, 7) is 6.83. The lowest BCUT2D eigenvalue weighted by Crippen LogP contribution is -2.35. The van der Waals surface area contributed by atoms with E-state index in [2.05, 4.69) is 31.1 Å². The lowest BCUT2D eigenvalue weighted by Gasteiger charge is -2.32. The van der Waals surface area contributed by atoms with Gasteiger partial charge in [0, 0.05) is 17.8 Å². The zero-order valence-electron chi connectivity index (χ0n) is 14.7. The number of unbranched alkanes of at least 4 members (excludes halogenated alkanes) is 6. The molecule has 0 bridgehead atoms.